The zero-order chi connectivity index (χ0) is 69.7. The maximum atomic E-state index is 13.0. The highest BCUT2D eigenvalue weighted by atomic mass is 32.2. The van der Waals surface area contributed by atoms with Gasteiger partial charge in [-0.25, -0.2) is 8.42 Å². The number of azo groups is 1. The van der Waals surface area contributed by atoms with Crippen LogP contribution in [0.3, 0.4) is 0 Å². The summed E-state index contributed by atoms with van der Waals surface area (Å²) >= 11 is 0. The van der Waals surface area contributed by atoms with E-state index in [1.165, 1.54) is 76.6 Å². The molecule has 0 bridgehead atoms. The molecule has 6 rings (SSSR count). The van der Waals surface area contributed by atoms with Gasteiger partial charge in [-0.05, 0) is 172 Å². The molecule has 11 nitrogen and oxygen atoms in total. The standard InChI is InChI=1S/2C30H39S.C16H22F2N4O7S/c2*1-28(2,3)22-10-16-25(17-11-22)31(26-18-12-23(13-19-26)29(4,5)6)27-20-14-24(15-21-27)30(7,8)9;1-4-28-12(23)5-7-14(2,9-19)21-22-15(3,10-20)8-6-13(24)29-11-16(17,18)30(25,26)27/h2*10-21H,1-9H3;4-8,11H2,1-3H3,(H,25,26,27)/q2*+1;/p-1. The predicted octanol–water partition coefficient (Wildman–Crippen LogP) is 19.2. The smallest absolute Gasteiger partial charge is 0.367 e. The van der Waals surface area contributed by atoms with Crippen LogP contribution in [-0.4, -0.2) is 54.5 Å². The molecule has 2 atom stereocenters. The van der Waals surface area contributed by atoms with Gasteiger partial charge in [0.1, 0.15) is 0 Å². The second-order valence-corrected chi connectivity index (χ2v) is 35.3. The minimum Gasteiger partial charge on any atom is -0.743 e. The van der Waals surface area contributed by atoms with Crippen LogP contribution in [-0.2, 0) is 83.5 Å². The van der Waals surface area contributed by atoms with Gasteiger partial charge in [0.25, 0.3) is 0 Å². The molecule has 0 amide bonds. The number of hydrogen-bond donors (Lipinski definition) is 0. The van der Waals surface area contributed by atoms with Gasteiger partial charge < -0.3 is 14.0 Å². The van der Waals surface area contributed by atoms with E-state index in [2.05, 4.69) is 285 Å². The fourth-order valence-corrected chi connectivity index (χ4v) is 13.4. The van der Waals surface area contributed by atoms with E-state index in [4.69, 9.17) is 4.74 Å². The summed E-state index contributed by atoms with van der Waals surface area (Å²) in [7, 11) is -6.24. The zero-order valence-electron chi connectivity index (χ0n) is 58.2. The number of hydrogen-bond acceptors (Lipinski definition) is 11. The highest BCUT2D eigenvalue weighted by Gasteiger charge is 2.40. The Hall–Kier alpha value is -6.69. The molecule has 0 aromatic heterocycles. The Bertz CT molecular complexity index is 3170. The molecule has 0 heterocycles. The van der Waals surface area contributed by atoms with Crippen LogP contribution in [0.5, 0.6) is 0 Å². The van der Waals surface area contributed by atoms with Crippen molar-refractivity contribution in [2.45, 2.75) is 249 Å². The highest BCUT2D eigenvalue weighted by molar-refractivity contribution is 7.97. The molecule has 6 aromatic rings. The summed E-state index contributed by atoms with van der Waals surface area (Å²) in [5, 5.41) is 21.3. The Balaban J connectivity index is 0.000000294. The third-order valence-corrected chi connectivity index (χ3v) is 20.7. The minimum absolute atomic E-state index is 0.0475. The average molecular weight is 1310 g/mol. The van der Waals surface area contributed by atoms with Crippen LogP contribution in [0.15, 0.2) is 185 Å². The fraction of sp³-hybridized carbons (Fsp3) is 0.474. The second-order valence-electron chi connectivity index (χ2n) is 29.8. The molecule has 0 aliphatic heterocycles. The first-order chi connectivity index (χ1) is 42.2. The van der Waals surface area contributed by atoms with Gasteiger partial charge in [0.05, 0.1) is 40.5 Å². The molecule has 0 fully saturated rings. The van der Waals surface area contributed by atoms with E-state index in [9.17, 15) is 41.9 Å². The quantitative estimate of drug-likeness (QED) is 0.0350. The van der Waals surface area contributed by atoms with Crippen molar-refractivity contribution < 1.29 is 40.8 Å². The Morgan fingerprint density at radius 3 is 0.772 bits per heavy atom. The van der Waals surface area contributed by atoms with Crippen LogP contribution in [0.4, 0.5) is 8.78 Å². The van der Waals surface area contributed by atoms with E-state index in [0.29, 0.717) is 0 Å². The second kappa shape index (κ2) is 31.0. The summed E-state index contributed by atoms with van der Waals surface area (Å²) in [5.41, 5.74) is 6.18. The Morgan fingerprint density at radius 2 is 0.609 bits per heavy atom. The zero-order valence-corrected chi connectivity index (χ0v) is 60.7. The first kappa shape index (κ1) is 77.8. The molecule has 0 radical (unpaired) electrons. The first-order valence-electron chi connectivity index (χ1n) is 31.2. The van der Waals surface area contributed by atoms with E-state index >= 15 is 0 Å². The number of nitriles is 2. The van der Waals surface area contributed by atoms with Gasteiger partial charge in [-0.15, -0.1) is 0 Å². The molecular weight excluding hydrogens is 1220 g/mol. The Labute approximate surface area is 555 Å². The largest absolute Gasteiger partial charge is 0.743 e. The molecule has 0 spiro atoms. The van der Waals surface area contributed by atoms with E-state index < -0.39 is 51.4 Å². The topological polar surface area (TPSA) is 182 Å². The molecule has 0 aliphatic carbocycles. The number of carbonyl (C=O) groups excluding carboxylic acids is 2. The normalized spacial score (nSPS) is 14.0. The summed E-state index contributed by atoms with van der Waals surface area (Å²) in [6.07, 6.45) is -1.15. The van der Waals surface area contributed by atoms with Crippen LogP contribution < -0.4 is 0 Å². The monoisotopic (exact) mass is 1310 g/mol. The van der Waals surface area contributed by atoms with E-state index in [1.54, 1.807) is 13.0 Å². The molecule has 0 saturated heterocycles. The SMILES string of the molecule is CC(C)(C)c1ccc([S+](c2ccc(C(C)(C)C)cc2)c2ccc(C(C)(C)C)cc2)cc1.CC(C)(C)c1ccc([S+](c2ccc(C(C)(C)C)cc2)c2ccc(C(C)(C)C)cc2)cc1.CCOC(=O)CCC(C)(C#N)N=NC(C)(C#N)CCC(=O)OCC(F)(F)S(=O)(=O)[O-]. The summed E-state index contributed by atoms with van der Waals surface area (Å²) in [6, 6.07) is 59.3. The maximum absolute atomic E-state index is 13.0. The molecule has 0 saturated carbocycles. The lowest BCUT2D eigenvalue weighted by Crippen LogP contribution is -2.35. The number of rotatable bonds is 18. The van der Waals surface area contributed by atoms with Gasteiger partial charge in [-0.1, -0.05) is 197 Å². The molecule has 2 unspecified atom stereocenters. The lowest BCUT2D eigenvalue weighted by molar-refractivity contribution is -0.150. The minimum atomic E-state index is -6.00. The van der Waals surface area contributed by atoms with Crippen molar-refractivity contribution in [1.29, 1.82) is 10.5 Å². The highest BCUT2D eigenvalue weighted by Crippen LogP contribution is 2.38. The van der Waals surface area contributed by atoms with Gasteiger partial charge in [0.2, 0.25) is 0 Å². The van der Waals surface area contributed by atoms with Gasteiger partial charge >= 0.3 is 17.2 Å². The lowest BCUT2D eigenvalue weighted by Gasteiger charge is -2.21. The fourth-order valence-electron chi connectivity index (χ4n) is 9.07. The number of ether oxygens (including phenoxy) is 2. The van der Waals surface area contributed by atoms with Crippen molar-refractivity contribution in [2.24, 2.45) is 10.2 Å². The molecule has 0 N–H and O–H groups in total. The lowest BCUT2D eigenvalue weighted by atomic mass is 9.87. The summed E-state index contributed by atoms with van der Waals surface area (Å²) in [5.74, 6) is -1.84. The van der Waals surface area contributed by atoms with Crippen LogP contribution >= 0.6 is 0 Å². The number of nitrogens with zero attached hydrogens (tertiary/aromatic N) is 4. The van der Waals surface area contributed by atoms with Gasteiger partial charge in [0.15, 0.2) is 57.2 Å². The van der Waals surface area contributed by atoms with Crippen molar-refractivity contribution in [3.63, 3.8) is 0 Å². The Kier molecular flexibility index (Phi) is 26.2. The van der Waals surface area contributed by atoms with Crippen molar-refractivity contribution in [3.8, 4) is 12.1 Å². The number of halogens is 2. The molecular formula is C76H99F2N4O7S3+. The van der Waals surface area contributed by atoms with Crippen LogP contribution in [0.1, 0.15) is 204 Å². The molecule has 92 heavy (non-hydrogen) atoms. The number of alkyl halides is 2. The molecule has 496 valence electrons. The van der Waals surface area contributed by atoms with Gasteiger partial charge in [-0.2, -0.15) is 29.5 Å². The van der Waals surface area contributed by atoms with E-state index in [0.717, 1.165) is 0 Å². The van der Waals surface area contributed by atoms with Crippen LogP contribution in [0, 0.1) is 22.7 Å². The summed E-state index contributed by atoms with van der Waals surface area (Å²) < 4.78 is 65.8. The Morgan fingerprint density at radius 1 is 0.413 bits per heavy atom. The predicted molar refractivity (Wildman–Crippen MR) is 369 cm³/mol. The van der Waals surface area contributed by atoms with Crippen LogP contribution in [0.2, 0.25) is 0 Å². The third kappa shape index (κ3) is 23.1. The number of carbonyl (C=O) groups is 2. The maximum Gasteiger partial charge on any atom is 0.367 e. The van der Waals surface area contributed by atoms with E-state index in [-0.39, 0.29) is 80.1 Å². The number of benzene rings is 6. The van der Waals surface area contributed by atoms with Gasteiger partial charge in [-0.3, -0.25) is 9.59 Å². The summed E-state index contributed by atoms with van der Waals surface area (Å²) in [6.45, 7) is 43.4. The van der Waals surface area contributed by atoms with Crippen molar-refractivity contribution >= 4 is 43.8 Å². The van der Waals surface area contributed by atoms with E-state index in [1.807, 2.05) is 6.07 Å². The van der Waals surface area contributed by atoms with Gasteiger partial charge in [0, 0.05) is 12.8 Å². The third-order valence-electron chi connectivity index (χ3n) is 15.4. The van der Waals surface area contributed by atoms with Crippen molar-refractivity contribution in [1.82, 2.24) is 0 Å². The summed E-state index contributed by atoms with van der Waals surface area (Å²) in [4.78, 5) is 31.2. The molecule has 6 aromatic carbocycles. The number of esters is 2. The van der Waals surface area contributed by atoms with Crippen LogP contribution in [0.25, 0.3) is 0 Å². The average Bonchev–Trinajstić information content (AvgIpc) is 0.811. The molecule has 0 aliphatic rings. The molecule has 16 heteroatoms. The van der Waals surface area contributed by atoms with Crippen molar-refractivity contribution in [3.05, 3.63) is 179 Å². The van der Waals surface area contributed by atoms with Crippen molar-refractivity contribution in [2.75, 3.05) is 13.2 Å². The first-order valence-corrected chi connectivity index (χ1v) is 35.1.